The molecule has 0 fully saturated rings. The van der Waals surface area contributed by atoms with Crippen molar-refractivity contribution in [2.45, 2.75) is 13.3 Å². The average molecular weight is 264 g/mol. The molecule has 2 rings (SSSR count). The van der Waals surface area contributed by atoms with Crippen LogP contribution < -0.4 is 0 Å². The van der Waals surface area contributed by atoms with Crippen LogP contribution in [0.4, 0.5) is 11.4 Å². The molecule has 98 valence electrons. The van der Waals surface area contributed by atoms with Crippen LogP contribution in [0.5, 0.6) is 0 Å². The predicted molar refractivity (Wildman–Crippen MR) is 76.0 cm³/mol. The van der Waals surface area contributed by atoms with Gasteiger partial charge in [-0.3, -0.25) is 0 Å². The molecule has 2 aromatic carbocycles. The van der Waals surface area contributed by atoms with E-state index in [4.69, 9.17) is 0 Å². The Labute approximate surface area is 116 Å². The Kier molecular flexibility index (Phi) is 4.35. The maximum Gasteiger partial charge on any atom is 0.240 e. The van der Waals surface area contributed by atoms with Crippen LogP contribution in [0.2, 0.25) is 0 Å². The molecule has 0 heterocycles. The first kappa shape index (κ1) is 13.6. The molecule has 20 heavy (non-hydrogen) atoms. The number of benzene rings is 2. The fraction of sp³-hybridized carbons (Fsp3) is 0.125. The molecule has 4 heteroatoms. The predicted octanol–water partition coefficient (Wildman–Crippen LogP) is 3.52. The molecule has 0 spiro atoms. The summed E-state index contributed by atoms with van der Waals surface area (Å²) in [6.45, 7) is 1.80. The molecule has 0 aliphatic carbocycles. The highest BCUT2D eigenvalue weighted by atomic mass is 16.1. The second-order valence-electron chi connectivity index (χ2n) is 4.31. The number of rotatable bonds is 4. The van der Waals surface area contributed by atoms with Crippen LogP contribution >= 0.6 is 0 Å². The molecular formula is C16H12N2O2. The molecule has 2 aromatic rings. The SMILES string of the molecule is Cc1ccc(Cc2ccccc2)c(N=C=O)c1N=C=O. The van der Waals surface area contributed by atoms with E-state index < -0.39 is 0 Å². The largest absolute Gasteiger partial charge is 0.240 e. The summed E-state index contributed by atoms with van der Waals surface area (Å²) in [5.41, 5.74) is 3.42. The summed E-state index contributed by atoms with van der Waals surface area (Å²) in [5.74, 6) is 0. The lowest BCUT2D eigenvalue weighted by molar-refractivity contribution is 0.564. The third kappa shape index (κ3) is 2.96. The summed E-state index contributed by atoms with van der Waals surface area (Å²) in [6.07, 6.45) is 3.62. The summed E-state index contributed by atoms with van der Waals surface area (Å²) in [5, 5.41) is 0. The number of hydrogen-bond donors (Lipinski definition) is 0. The molecule has 4 nitrogen and oxygen atoms in total. The zero-order chi connectivity index (χ0) is 14.4. The Morgan fingerprint density at radius 2 is 1.55 bits per heavy atom. The van der Waals surface area contributed by atoms with Crippen molar-refractivity contribution < 1.29 is 9.59 Å². The number of nitrogens with zero attached hydrogens (tertiary/aromatic N) is 2. The third-order valence-electron chi connectivity index (χ3n) is 2.99. The molecule has 0 aliphatic rings. The van der Waals surface area contributed by atoms with Crippen molar-refractivity contribution in [2.24, 2.45) is 9.98 Å². The Morgan fingerprint density at radius 3 is 2.20 bits per heavy atom. The van der Waals surface area contributed by atoms with Crippen LogP contribution in [0, 0.1) is 6.92 Å². The van der Waals surface area contributed by atoms with Crippen molar-refractivity contribution >= 4 is 23.5 Å². The number of aryl methyl sites for hydroxylation is 1. The summed E-state index contributed by atoms with van der Waals surface area (Å²) in [7, 11) is 0. The number of isocyanates is 2. The molecule has 0 bridgehead atoms. The van der Waals surface area contributed by atoms with Gasteiger partial charge in [0.15, 0.2) is 0 Å². The van der Waals surface area contributed by atoms with Crippen LogP contribution in [-0.4, -0.2) is 12.2 Å². The van der Waals surface area contributed by atoms with Crippen molar-refractivity contribution in [1.29, 1.82) is 0 Å². The van der Waals surface area contributed by atoms with E-state index >= 15 is 0 Å². The quantitative estimate of drug-likeness (QED) is 0.626. The van der Waals surface area contributed by atoms with Gasteiger partial charge in [0.05, 0.1) is 0 Å². The molecular weight excluding hydrogens is 252 g/mol. The highest BCUT2D eigenvalue weighted by molar-refractivity contribution is 5.75. The normalized spacial score (nSPS) is 9.45. The molecule has 0 unspecified atom stereocenters. The first-order valence-corrected chi connectivity index (χ1v) is 6.08. The third-order valence-corrected chi connectivity index (χ3v) is 2.99. The molecule has 0 aliphatic heterocycles. The van der Waals surface area contributed by atoms with Crippen molar-refractivity contribution in [1.82, 2.24) is 0 Å². The molecule has 0 amide bonds. The summed E-state index contributed by atoms with van der Waals surface area (Å²) in [6, 6.07) is 13.5. The van der Waals surface area contributed by atoms with Gasteiger partial charge in [0.2, 0.25) is 12.2 Å². The fourth-order valence-electron chi connectivity index (χ4n) is 2.04. The molecule has 0 atom stereocenters. The van der Waals surface area contributed by atoms with Gasteiger partial charge in [-0.1, -0.05) is 42.5 Å². The van der Waals surface area contributed by atoms with Gasteiger partial charge in [-0.05, 0) is 30.0 Å². The summed E-state index contributed by atoms with van der Waals surface area (Å²) in [4.78, 5) is 28.5. The van der Waals surface area contributed by atoms with Gasteiger partial charge in [-0.15, -0.1) is 0 Å². The van der Waals surface area contributed by atoms with Crippen LogP contribution in [0.25, 0.3) is 0 Å². The Hall–Kier alpha value is -2.80. The molecule has 0 saturated heterocycles. The van der Waals surface area contributed by atoms with Crippen molar-refractivity contribution in [2.75, 3.05) is 0 Å². The van der Waals surface area contributed by atoms with E-state index in [0.29, 0.717) is 17.8 Å². The van der Waals surface area contributed by atoms with Gasteiger partial charge in [0, 0.05) is 0 Å². The number of aliphatic imine (C=N–C) groups is 2. The molecule has 0 radical (unpaired) electrons. The fourth-order valence-corrected chi connectivity index (χ4v) is 2.04. The zero-order valence-corrected chi connectivity index (χ0v) is 11.0. The van der Waals surface area contributed by atoms with Crippen LogP contribution in [0.3, 0.4) is 0 Å². The van der Waals surface area contributed by atoms with Gasteiger partial charge < -0.3 is 0 Å². The van der Waals surface area contributed by atoms with Gasteiger partial charge in [-0.2, -0.15) is 9.98 Å². The molecule has 0 aromatic heterocycles. The minimum atomic E-state index is 0.372. The number of carbonyl (C=O) groups excluding carboxylic acids is 2. The summed E-state index contributed by atoms with van der Waals surface area (Å²) >= 11 is 0. The Morgan fingerprint density at radius 1 is 0.900 bits per heavy atom. The van der Waals surface area contributed by atoms with E-state index in [1.54, 1.807) is 6.92 Å². The van der Waals surface area contributed by atoms with Gasteiger partial charge >= 0.3 is 0 Å². The summed E-state index contributed by atoms with van der Waals surface area (Å²) < 4.78 is 0. The lowest BCUT2D eigenvalue weighted by Crippen LogP contribution is -1.90. The standard InChI is InChI=1S/C16H12N2O2/c1-12-7-8-14(9-13-5-3-2-4-6-13)16(18-11-20)15(12)17-10-19/h2-8H,9H2,1H3. The van der Waals surface area contributed by atoms with E-state index in [-0.39, 0.29) is 0 Å². The first-order chi connectivity index (χ1) is 9.76. The second-order valence-corrected chi connectivity index (χ2v) is 4.31. The first-order valence-electron chi connectivity index (χ1n) is 6.08. The smallest absolute Gasteiger partial charge is 0.211 e. The highest BCUT2D eigenvalue weighted by Crippen LogP contribution is 2.35. The Bertz CT molecular complexity index is 711. The topological polar surface area (TPSA) is 58.9 Å². The minimum absolute atomic E-state index is 0.372. The maximum atomic E-state index is 10.6. The van der Waals surface area contributed by atoms with Gasteiger partial charge in [-0.25, -0.2) is 9.59 Å². The average Bonchev–Trinajstić information content (AvgIpc) is 2.47. The van der Waals surface area contributed by atoms with Gasteiger partial charge in [0.25, 0.3) is 0 Å². The highest BCUT2D eigenvalue weighted by Gasteiger charge is 2.11. The zero-order valence-electron chi connectivity index (χ0n) is 11.0. The van der Waals surface area contributed by atoms with E-state index in [9.17, 15) is 9.59 Å². The van der Waals surface area contributed by atoms with Crippen molar-refractivity contribution in [3.63, 3.8) is 0 Å². The number of hydrogen-bond acceptors (Lipinski definition) is 4. The monoisotopic (exact) mass is 264 g/mol. The van der Waals surface area contributed by atoms with Crippen LogP contribution in [0.1, 0.15) is 16.7 Å². The van der Waals surface area contributed by atoms with Crippen LogP contribution in [-0.2, 0) is 16.0 Å². The maximum absolute atomic E-state index is 10.6. The lowest BCUT2D eigenvalue weighted by atomic mass is 10.0. The van der Waals surface area contributed by atoms with Crippen molar-refractivity contribution in [3.8, 4) is 0 Å². The van der Waals surface area contributed by atoms with E-state index in [2.05, 4.69) is 9.98 Å². The lowest BCUT2D eigenvalue weighted by Gasteiger charge is -2.09. The molecule has 0 saturated carbocycles. The van der Waals surface area contributed by atoms with Crippen LogP contribution in [0.15, 0.2) is 52.4 Å². The van der Waals surface area contributed by atoms with E-state index in [1.165, 1.54) is 12.2 Å². The van der Waals surface area contributed by atoms with E-state index in [1.807, 2.05) is 42.5 Å². The van der Waals surface area contributed by atoms with E-state index in [0.717, 1.165) is 16.7 Å². The van der Waals surface area contributed by atoms with Crippen molar-refractivity contribution in [3.05, 3.63) is 59.2 Å². The minimum Gasteiger partial charge on any atom is -0.211 e. The Balaban J connectivity index is 2.55. The second kappa shape index (κ2) is 6.39. The van der Waals surface area contributed by atoms with Gasteiger partial charge in [0.1, 0.15) is 11.4 Å². The molecule has 0 N–H and O–H groups in total.